The fourth-order valence-electron chi connectivity index (χ4n) is 3.56. The molecule has 2 saturated heterocycles. The highest BCUT2D eigenvalue weighted by Crippen LogP contribution is 2.23. The number of guanidine groups is 1. The second-order valence-corrected chi connectivity index (χ2v) is 6.61. The van der Waals surface area contributed by atoms with E-state index in [0.717, 1.165) is 57.5 Å². The molecule has 0 spiro atoms. The van der Waals surface area contributed by atoms with Crippen LogP contribution >= 0.6 is 0 Å². The molecule has 0 aliphatic carbocycles. The lowest BCUT2D eigenvalue weighted by Crippen LogP contribution is -2.42. The Morgan fingerprint density at radius 3 is 2.68 bits per heavy atom. The molecule has 2 heterocycles. The number of hydrogen-bond acceptors (Lipinski definition) is 3. The van der Waals surface area contributed by atoms with Gasteiger partial charge in [0.1, 0.15) is 5.82 Å². The van der Waals surface area contributed by atoms with Crippen molar-refractivity contribution in [3.05, 3.63) is 35.6 Å². The lowest BCUT2D eigenvalue weighted by molar-refractivity contribution is 0.0179. The Morgan fingerprint density at radius 2 is 2.00 bits per heavy atom. The first-order valence-electron chi connectivity index (χ1n) is 9.38. The molecule has 1 N–H and O–H groups in total. The number of likely N-dealkylation sites (tertiary alicyclic amines) is 1. The van der Waals surface area contributed by atoms with E-state index in [9.17, 15) is 4.39 Å². The zero-order valence-corrected chi connectivity index (χ0v) is 15.1. The van der Waals surface area contributed by atoms with Gasteiger partial charge in [-0.3, -0.25) is 9.89 Å². The van der Waals surface area contributed by atoms with Crippen LogP contribution in [0.4, 0.5) is 4.39 Å². The molecular formula is C19H29FN4O. The Bertz CT molecular complexity index is 568. The number of nitrogens with one attached hydrogen (secondary N) is 1. The average Bonchev–Trinajstić information content (AvgIpc) is 3.16. The van der Waals surface area contributed by atoms with Crippen LogP contribution in [0, 0.1) is 5.82 Å². The molecule has 0 bridgehead atoms. The van der Waals surface area contributed by atoms with Gasteiger partial charge in [0.05, 0.1) is 25.8 Å². The number of nitrogens with zero attached hydrogens (tertiary/aromatic N) is 3. The van der Waals surface area contributed by atoms with Gasteiger partial charge in [-0.1, -0.05) is 12.1 Å². The maximum Gasteiger partial charge on any atom is 0.193 e. The van der Waals surface area contributed by atoms with Crippen LogP contribution in [-0.2, 0) is 4.74 Å². The standard InChI is InChI=1S/C19H29FN4O/c1-2-21-19(24-8-3-4-9-24)22-15-18(23-10-12-25-13-11-23)16-6-5-7-17(20)14-16/h5-7,14,18H,2-4,8-13,15H2,1H3,(H,21,22). The number of ether oxygens (including phenoxy) is 1. The van der Waals surface area contributed by atoms with E-state index in [0.29, 0.717) is 6.54 Å². The van der Waals surface area contributed by atoms with Crippen molar-refractivity contribution in [3.8, 4) is 0 Å². The maximum atomic E-state index is 13.8. The summed E-state index contributed by atoms with van der Waals surface area (Å²) in [5.74, 6) is 0.792. The van der Waals surface area contributed by atoms with Crippen LogP contribution in [0.2, 0.25) is 0 Å². The first-order chi connectivity index (χ1) is 12.3. The summed E-state index contributed by atoms with van der Waals surface area (Å²) in [6.07, 6.45) is 2.45. The monoisotopic (exact) mass is 348 g/mol. The van der Waals surface area contributed by atoms with Gasteiger partial charge in [0.15, 0.2) is 5.96 Å². The predicted molar refractivity (Wildman–Crippen MR) is 98.3 cm³/mol. The normalized spacial score (nSPS) is 20.7. The Kier molecular flexibility index (Phi) is 6.64. The highest BCUT2D eigenvalue weighted by atomic mass is 19.1. The molecule has 2 fully saturated rings. The number of benzene rings is 1. The Hall–Kier alpha value is -1.66. The molecule has 1 aromatic rings. The van der Waals surface area contributed by atoms with E-state index < -0.39 is 0 Å². The van der Waals surface area contributed by atoms with Gasteiger partial charge in [-0.15, -0.1) is 0 Å². The maximum absolute atomic E-state index is 13.8. The van der Waals surface area contributed by atoms with Gasteiger partial charge in [-0.25, -0.2) is 4.39 Å². The molecule has 5 nitrogen and oxygen atoms in total. The van der Waals surface area contributed by atoms with Gasteiger partial charge in [-0.05, 0) is 37.5 Å². The van der Waals surface area contributed by atoms with E-state index in [1.165, 1.54) is 18.9 Å². The fourth-order valence-corrected chi connectivity index (χ4v) is 3.56. The number of morpholine rings is 1. The fraction of sp³-hybridized carbons (Fsp3) is 0.632. The first kappa shape index (κ1) is 18.1. The predicted octanol–water partition coefficient (Wildman–Crippen LogP) is 2.26. The van der Waals surface area contributed by atoms with Gasteiger partial charge < -0.3 is 15.0 Å². The minimum atomic E-state index is -0.189. The molecule has 138 valence electrons. The van der Waals surface area contributed by atoms with Crippen molar-refractivity contribution in [2.75, 3.05) is 52.5 Å². The quantitative estimate of drug-likeness (QED) is 0.655. The molecule has 1 aromatic carbocycles. The van der Waals surface area contributed by atoms with Gasteiger partial charge in [0.2, 0.25) is 0 Å². The molecule has 0 radical (unpaired) electrons. The molecule has 0 saturated carbocycles. The van der Waals surface area contributed by atoms with Crippen LogP contribution in [0.5, 0.6) is 0 Å². The Balaban J connectivity index is 1.79. The van der Waals surface area contributed by atoms with Crippen molar-refractivity contribution in [1.29, 1.82) is 0 Å². The van der Waals surface area contributed by atoms with Crippen LogP contribution in [0.3, 0.4) is 0 Å². The lowest BCUT2D eigenvalue weighted by Gasteiger charge is -2.34. The molecule has 1 unspecified atom stereocenters. The average molecular weight is 348 g/mol. The molecular weight excluding hydrogens is 319 g/mol. The summed E-state index contributed by atoms with van der Waals surface area (Å²) in [5, 5.41) is 3.40. The molecule has 6 heteroatoms. The van der Waals surface area contributed by atoms with E-state index in [-0.39, 0.29) is 11.9 Å². The molecule has 25 heavy (non-hydrogen) atoms. The van der Waals surface area contributed by atoms with Gasteiger partial charge >= 0.3 is 0 Å². The van der Waals surface area contributed by atoms with E-state index in [1.54, 1.807) is 12.1 Å². The van der Waals surface area contributed by atoms with Crippen LogP contribution in [0.15, 0.2) is 29.3 Å². The van der Waals surface area contributed by atoms with Crippen LogP contribution in [0.1, 0.15) is 31.4 Å². The second kappa shape index (κ2) is 9.15. The van der Waals surface area contributed by atoms with Crippen LogP contribution < -0.4 is 5.32 Å². The van der Waals surface area contributed by atoms with Gasteiger partial charge in [-0.2, -0.15) is 0 Å². The summed E-state index contributed by atoms with van der Waals surface area (Å²) in [6, 6.07) is 7.00. The highest BCUT2D eigenvalue weighted by molar-refractivity contribution is 5.80. The summed E-state index contributed by atoms with van der Waals surface area (Å²) in [6.45, 7) is 8.87. The van der Waals surface area contributed by atoms with Crippen molar-refractivity contribution < 1.29 is 9.13 Å². The molecule has 0 aromatic heterocycles. The van der Waals surface area contributed by atoms with Gasteiger partial charge in [0.25, 0.3) is 0 Å². The smallest absolute Gasteiger partial charge is 0.193 e. The summed E-state index contributed by atoms with van der Waals surface area (Å²) in [4.78, 5) is 9.58. The summed E-state index contributed by atoms with van der Waals surface area (Å²) in [5.41, 5.74) is 0.989. The molecule has 0 amide bonds. The third-order valence-corrected chi connectivity index (χ3v) is 4.87. The van der Waals surface area contributed by atoms with E-state index in [4.69, 9.17) is 9.73 Å². The number of rotatable bonds is 5. The van der Waals surface area contributed by atoms with Crippen LogP contribution in [-0.4, -0.2) is 68.2 Å². The number of aliphatic imine (C=N–C) groups is 1. The SMILES string of the molecule is CCNC(=NCC(c1cccc(F)c1)N1CCOCC1)N1CCCC1. The zero-order valence-electron chi connectivity index (χ0n) is 15.1. The summed E-state index contributed by atoms with van der Waals surface area (Å²) in [7, 11) is 0. The third kappa shape index (κ3) is 4.92. The van der Waals surface area contributed by atoms with Crippen molar-refractivity contribution in [2.24, 2.45) is 4.99 Å². The van der Waals surface area contributed by atoms with Crippen molar-refractivity contribution in [2.45, 2.75) is 25.8 Å². The molecule has 2 aliphatic heterocycles. The van der Waals surface area contributed by atoms with Crippen molar-refractivity contribution in [1.82, 2.24) is 15.1 Å². The summed E-state index contributed by atoms with van der Waals surface area (Å²) >= 11 is 0. The second-order valence-electron chi connectivity index (χ2n) is 6.61. The highest BCUT2D eigenvalue weighted by Gasteiger charge is 2.24. The topological polar surface area (TPSA) is 40.1 Å². The van der Waals surface area contributed by atoms with E-state index in [1.807, 2.05) is 6.07 Å². The van der Waals surface area contributed by atoms with E-state index in [2.05, 4.69) is 22.0 Å². The van der Waals surface area contributed by atoms with Crippen LogP contribution in [0.25, 0.3) is 0 Å². The Labute approximate surface area is 149 Å². The van der Waals surface area contributed by atoms with E-state index >= 15 is 0 Å². The molecule has 1 atom stereocenters. The zero-order chi connectivity index (χ0) is 17.5. The minimum Gasteiger partial charge on any atom is -0.379 e. The number of hydrogen-bond donors (Lipinski definition) is 1. The minimum absolute atomic E-state index is 0.0795. The molecule has 2 aliphatic rings. The Morgan fingerprint density at radius 1 is 1.24 bits per heavy atom. The first-order valence-corrected chi connectivity index (χ1v) is 9.38. The van der Waals surface area contributed by atoms with Crippen molar-refractivity contribution in [3.63, 3.8) is 0 Å². The third-order valence-electron chi connectivity index (χ3n) is 4.87. The van der Waals surface area contributed by atoms with Gasteiger partial charge in [0, 0.05) is 32.7 Å². The summed E-state index contributed by atoms with van der Waals surface area (Å²) < 4.78 is 19.2. The lowest BCUT2D eigenvalue weighted by atomic mass is 10.0. The largest absolute Gasteiger partial charge is 0.379 e. The number of halogens is 1. The molecule has 3 rings (SSSR count). The van der Waals surface area contributed by atoms with Crippen molar-refractivity contribution >= 4 is 5.96 Å².